The van der Waals surface area contributed by atoms with E-state index in [0.717, 1.165) is 0 Å². The molecule has 0 saturated carbocycles. The Morgan fingerprint density at radius 3 is 2.61 bits per heavy atom. The Hall–Kier alpha value is -2.32. The molecule has 170 valence electrons. The normalized spacial score (nSPS) is 11.7. The number of urea groups is 1. The number of carbonyl (C=O) groups excluding carboxylic acids is 1. The monoisotopic (exact) mass is 466 g/mol. The van der Waals surface area contributed by atoms with Crippen molar-refractivity contribution in [3.8, 4) is 0 Å². The van der Waals surface area contributed by atoms with Crippen LogP contribution in [-0.2, 0) is 28.7 Å². The minimum absolute atomic E-state index is 0.000929. The van der Waals surface area contributed by atoms with E-state index in [1.807, 2.05) is 27.7 Å². The van der Waals surface area contributed by atoms with Crippen molar-refractivity contribution in [1.82, 2.24) is 19.8 Å². The number of carbonyl (C=O) groups is 1. The standard InChI is InChI=1S/C22H31ClN4O3S/c1-6-10-26(21(28)25-17(4)5)14-20-12-24-22(27(20)13-16(2)3)31(29,30)15-18-8-7-9-19(23)11-18/h6-9,11-12,16-17H,1,10,13-15H2,2-5H3,(H,25,28). The molecular weight excluding hydrogens is 436 g/mol. The van der Waals surface area contributed by atoms with E-state index in [4.69, 9.17) is 11.6 Å². The largest absolute Gasteiger partial charge is 0.336 e. The molecule has 1 aromatic carbocycles. The molecule has 0 unspecified atom stereocenters. The third-order valence-corrected chi connectivity index (χ3v) is 6.21. The summed E-state index contributed by atoms with van der Waals surface area (Å²) in [5.74, 6) is -0.0165. The van der Waals surface area contributed by atoms with Crippen molar-refractivity contribution >= 4 is 27.5 Å². The van der Waals surface area contributed by atoms with Crippen LogP contribution in [0.2, 0.25) is 5.02 Å². The fraction of sp³-hybridized carbons (Fsp3) is 0.455. The van der Waals surface area contributed by atoms with E-state index in [0.29, 0.717) is 29.4 Å². The number of benzene rings is 1. The molecule has 0 radical (unpaired) electrons. The van der Waals surface area contributed by atoms with Crippen LogP contribution in [0.1, 0.15) is 39.0 Å². The van der Waals surface area contributed by atoms with Crippen molar-refractivity contribution in [3.05, 3.63) is 59.4 Å². The van der Waals surface area contributed by atoms with Crippen LogP contribution in [0.25, 0.3) is 0 Å². The Balaban J connectivity index is 2.39. The molecule has 7 nitrogen and oxygen atoms in total. The van der Waals surface area contributed by atoms with Gasteiger partial charge in [-0.2, -0.15) is 0 Å². The number of halogens is 1. The van der Waals surface area contributed by atoms with E-state index in [-0.39, 0.29) is 35.4 Å². The van der Waals surface area contributed by atoms with Gasteiger partial charge < -0.3 is 14.8 Å². The van der Waals surface area contributed by atoms with E-state index in [9.17, 15) is 13.2 Å². The Bertz CT molecular complexity index is 1020. The number of amides is 2. The summed E-state index contributed by atoms with van der Waals surface area (Å²) in [6.45, 7) is 12.5. The van der Waals surface area contributed by atoms with E-state index in [1.54, 1.807) is 39.8 Å². The van der Waals surface area contributed by atoms with Gasteiger partial charge in [0, 0.05) is 24.2 Å². The number of nitrogens with one attached hydrogen (secondary N) is 1. The van der Waals surface area contributed by atoms with Crippen LogP contribution in [-0.4, -0.2) is 41.5 Å². The number of sulfone groups is 1. The SMILES string of the molecule is C=CCN(Cc1cnc(S(=O)(=O)Cc2cccc(Cl)c2)n1CC(C)C)C(=O)NC(C)C. The highest BCUT2D eigenvalue weighted by atomic mass is 35.5. The van der Waals surface area contributed by atoms with Gasteiger partial charge in [0.15, 0.2) is 0 Å². The molecular formula is C22H31ClN4O3S. The van der Waals surface area contributed by atoms with Crippen LogP contribution in [0.4, 0.5) is 4.79 Å². The first-order valence-corrected chi connectivity index (χ1v) is 12.2. The second kappa shape index (κ2) is 10.8. The van der Waals surface area contributed by atoms with Gasteiger partial charge in [0.2, 0.25) is 15.0 Å². The smallest absolute Gasteiger partial charge is 0.318 e. The molecule has 0 aliphatic rings. The highest BCUT2D eigenvalue weighted by Gasteiger charge is 2.26. The summed E-state index contributed by atoms with van der Waals surface area (Å²) in [7, 11) is -3.72. The number of aromatic nitrogens is 2. The lowest BCUT2D eigenvalue weighted by atomic mass is 10.2. The predicted molar refractivity (Wildman–Crippen MR) is 124 cm³/mol. The molecule has 0 fully saturated rings. The Morgan fingerprint density at radius 1 is 1.32 bits per heavy atom. The zero-order valence-electron chi connectivity index (χ0n) is 18.5. The van der Waals surface area contributed by atoms with Gasteiger partial charge in [-0.25, -0.2) is 18.2 Å². The van der Waals surface area contributed by atoms with E-state index in [2.05, 4.69) is 16.9 Å². The van der Waals surface area contributed by atoms with E-state index in [1.165, 1.54) is 6.20 Å². The third-order valence-electron chi connectivity index (χ3n) is 4.37. The van der Waals surface area contributed by atoms with Crippen LogP contribution in [0.15, 0.2) is 48.3 Å². The molecule has 0 saturated heterocycles. The van der Waals surface area contributed by atoms with Crippen molar-refractivity contribution in [3.63, 3.8) is 0 Å². The number of nitrogens with zero attached hydrogens (tertiary/aromatic N) is 3. The van der Waals surface area contributed by atoms with Gasteiger partial charge in [0.1, 0.15) is 0 Å². The van der Waals surface area contributed by atoms with Gasteiger partial charge in [0.05, 0.1) is 24.2 Å². The lowest BCUT2D eigenvalue weighted by Gasteiger charge is -2.24. The zero-order chi connectivity index (χ0) is 23.2. The van der Waals surface area contributed by atoms with E-state index < -0.39 is 9.84 Å². The van der Waals surface area contributed by atoms with Crippen molar-refractivity contribution in [2.45, 2.75) is 57.7 Å². The van der Waals surface area contributed by atoms with Gasteiger partial charge in [-0.05, 0) is 37.5 Å². The summed E-state index contributed by atoms with van der Waals surface area (Å²) in [5.41, 5.74) is 1.25. The Labute approximate surface area is 190 Å². The maximum atomic E-state index is 13.2. The fourth-order valence-electron chi connectivity index (χ4n) is 3.15. The van der Waals surface area contributed by atoms with Gasteiger partial charge >= 0.3 is 6.03 Å². The molecule has 2 aromatic rings. The molecule has 0 aliphatic heterocycles. The van der Waals surface area contributed by atoms with Crippen molar-refractivity contribution in [2.24, 2.45) is 5.92 Å². The van der Waals surface area contributed by atoms with Crippen LogP contribution >= 0.6 is 11.6 Å². The summed E-state index contributed by atoms with van der Waals surface area (Å²) in [6.07, 6.45) is 3.17. The topological polar surface area (TPSA) is 84.3 Å². The summed E-state index contributed by atoms with van der Waals surface area (Å²) in [6, 6.07) is 6.52. The van der Waals surface area contributed by atoms with Gasteiger partial charge in [0.25, 0.3) is 0 Å². The molecule has 2 rings (SSSR count). The Kier molecular flexibility index (Phi) is 8.70. The number of hydrogen-bond donors (Lipinski definition) is 1. The molecule has 1 heterocycles. The first-order valence-electron chi connectivity index (χ1n) is 10.2. The maximum Gasteiger partial charge on any atom is 0.318 e. The molecule has 0 atom stereocenters. The molecule has 0 bridgehead atoms. The second-order valence-corrected chi connectivity index (χ2v) is 10.5. The van der Waals surface area contributed by atoms with Crippen molar-refractivity contribution < 1.29 is 13.2 Å². The molecule has 2 amide bonds. The zero-order valence-corrected chi connectivity index (χ0v) is 20.1. The van der Waals surface area contributed by atoms with Crippen LogP contribution in [0, 0.1) is 5.92 Å². The highest BCUT2D eigenvalue weighted by molar-refractivity contribution is 7.90. The van der Waals surface area contributed by atoms with Crippen molar-refractivity contribution in [2.75, 3.05) is 6.54 Å². The van der Waals surface area contributed by atoms with Gasteiger partial charge in [-0.3, -0.25) is 0 Å². The minimum atomic E-state index is -3.72. The molecule has 1 N–H and O–H groups in total. The first kappa shape index (κ1) is 24.9. The summed E-state index contributed by atoms with van der Waals surface area (Å²) in [4.78, 5) is 18.4. The summed E-state index contributed by atoms with van der Waals surface area (Å²) < 4.78 is 28.1. The summed E-state index contributed by atoms with van der Waals surface area (Å²) >= 11 is 6.01. The van der Waals surface area contributed by atoms with Gasteiger partial charge in [-0.15, -0.1) is 6.58 Å². The fourth-order valence-corrected chi connectivity index (χ4v) is 4.85. The lowest BCUT2D eigenvalue weighted by Crippen LogP contribution is -2.43. The quantitative estimate of drug-likeness (QED) is 0.530. The van der Waals surface area contributed by atoms with Crippen LogP contribution in [0.5, 0.6) is 0 Å². The van der Waals surface area contributed by atoms with Crippen LogP contribution in [0.3, 0.4) is 0 Å². The highest BCUT2D eigenvalue weighted by Crippen LogP contribution is 2.21. The predicted octanol–water partition coefficient (Wildman–Crippen LogP) is 4.27. The van der Waals surface area contributed by atoms with Crippen molar-refractivity contribution in [1.29, 1.82) is 0 Å². The average molecular weight is 467 g/mol. The van der Waals surface area contributed by atoms with Gasteiger partial charge in [-0.1, -0.05) is 43.7 Å². The maximum absolute atomic E-state index is 13.2. The molecule has 9 heteroatoms. The molecule has 31 heavy (non-hydrogen) atoms. The van der Waals surface area contributed by atoms with E-state index >= 15 is 0 Å². The molecule has 1 aromatic heterocycles. The molecule has 0 aliphatic carbocycles. The number of rotatable bonds is 10. The molecule has 0 spiro atoms. The second-order valence-electron chi connectivity index (χ2n) is 8.20. The number of imidazole rings is 1. The number of hydrogen-bond acceptors (Lipinski definition) is 4. The minimum Gasteiger partial charge on any atom is -0.336 e. The summed E-state index contributed by atoms with van der Waals surface area (Å²) in [5, 5.41) is 3.34. The Morgan fingerprint density at radius 2 is 2.03 bits per heavy atom. The lowest BCUT2D eigenvalue weighted by molar-refractivity contribution is 0.197. The van der Waals surface area contributed by atoms with Crippen LogP contribution < -0.4 is 5.32 Å². The first-order chi connectivity index (χ1) is 14.5. The average Bonchev–Trinajstić information content (AvgIpc) is 3.03. The third kappa shape index (κ3) is 7.11.